The summed E-state index contributed by atoms with van der Waals surface area (Å²) in [5.41, 5.74) is 1.61. The van der Waals surface area contributed by atoms with E-state index in [1.54, 1.807) is 41.3 Å². The number of carbonyl (C=O) groups is 1. The molecule has 0 bridgehead atoms. The molecule has 0 saturated carbocycles. The van der Waals surface area contributed by atoms with Crippen molar-refractivity contribution in [2.24, 2.45) is 0 Å². The zero-order valence-corrected chi connectivity index (χ0v) is 17.9. The fourth-order valence-corrected chi connectivity index (χ4v) is 4.56. The Morgan fingerprint density at radius 1 is 1.31 bits per heavy atom. The minimum Gasteiger partial charge on any atom is -0.383 e. The molecule has 0 N–H and O–H groups in total. The summed E-state index contributed by atoms with van der Waals surface area (Å²) in [5.74, 6) is -0.0958. The van der Waals surface area contributed by atoms with Crippen LogP contribution in [0.15, 0.2) is 6.33 Å². The first-order chi connectivity index (χ1) is 13.9. The van der Waals surface area contributed by atoms with E-state index in [9.17, 15) is 4.79 Å². The van der Waals surface area contributed by atoms with Crippen LogP contribution in [0.5, 0.6) is 0 Å². The fraction of sp³-hybridized carbons (Fsp3) is 0.579. The second-order valence-corrected chi connectivity index (χ2v) is 8.72. The minimum absolute atomic E-state index is 0.151. The molecule has 1 aliphatic heterocycles. The van der Waals surface area contributed by atoms with Crippen LogP contribution in [-0.4, -0.2) is 76.5 Å². The van der Waals surface area contributed by atoms with Gasteiger partial charge in [-0.05, 0) is 19.4 Å². The SMILES string of the molecule is COCCN(CCOC)C(=O)c1nc2c3c4c(sc3ncn2n1)COC(C)(C)C4. The number of carbonyl (C=O) groups excluding carboxylic acids is 1. The van der Waals surface area contributed by atoms with Crippen molar-refractivity contribution in [2.75, 3.05) is 40.5 Å². The summed E-state index contributed by atoms with van der Waals surface area (Å²) in [6.07, 6.45) is 2.39. The van der Waals surface area contributed by atoms with Gasteiger partial charge in [0.05, 0.1) is 30.8 Å². The van der Waals surface area contributed by atoms with E-state index in [4.69, 9.17) is 14.2 Å². The number of ether oxygens (including phenoxy) is 3. The van der Waals surface area contributed by atoms with Crippen LogP contribution in [0.2, 0.25) is 0 Å². The fourth-order valence-electron chi connectivity index (χ4n) is 3.49. The van der Waals surface area contributed by atoms with Gasteiger partial charge >= 0.3 is 0 Å². The van der Waals surface area contributed by atoms with Crippen LogP contribution in [-0.2, 0) is 27.2 Å². The number of thiophene rings is 1. The third kappa shape index (κ3) is 3.85. The van der Waals surface area contributed by atoms with E-state index in [0.29, 0.717) is 38.6 Å². The Hall–Kier alpha value is -2.14. The summed E-state index contributed by atoms with van der Waals surface area (Å²) < 4.78 is 17.8. The van der Waals surface area contributed by atoms with Crippen molar-refractivity contribution in [3.63, 3.8) is 0 Å². The molecule has 3 aromatic heterocycles. The third-order valence-electron chi connectivity index (χ3n) is 5.02. The molecule has 4 rings (SSSR count). The van der Waals surface area contributed by atoms with Gasteiger partial charge in [-0.1, -0.05) is 0 Å². The van der Waals surface area contributed by atoms with Gasteiger partial charge in [0.1, 0.15) is 11.2 Å². The number of aromatic nitrogens is 4. The predicted octanol–water partition coefficient (Wildman–Crippen LogP) is 1.93. The second-order valence-electron chi connectivity index (χ2n) is 7.64. The Bertz CT molecular complexity index is 1040. The van der Waals surface area contributed by atoms with Gasteiger partial charge in [-0.2, -0.15) is 0 Å². The van der Waals surface area contributed by atoms with Crippen LogP contribution >= 0.6 is 11.3 Å². The number of amides is 1. The van der Waals surface area contributed by atoms with Crippen molar-refractivity contribution in [1.82, 2.24) is 24.5 Å². The van der Waals surface area contributed by atoms with Crippen molar-refractivity contribution in [2.45, 2.75) is 32.5 Å². The number of rotatable bonds is 7. The molecule has 29 heavy (non-hydrogen) atoms. The van der Waals surface area contributed by atoms with Gasteiger partial charge in [0.2, 0.25) is 5.82 Å². The Morgan fingerprint density at radius 2 is 2.03 bits per heavy atom. The lowest BCUT2D eigenvalue weighted by Crippen LogP contribution is -2.37. The van der Waals surface area contributed by atoms with E-state index >= 15 is 0 Å². The lowest BCUT2D eigenvalue weighted by atomic mass is 9.94. The Labute approximate surface area is 172 Å². The van der Waals surface area contributed by atoms with Gasteiger partial charge in [-0.25, -0.2) is 14.5 Å². The van der Waals surface area contributed by atoms with Gasteiger partial charge in [-0.3, -0.25) is 4.79 Å². The smallest absolute Gasteiger partial charge is 0.293 e. The topological polar surface area (TPSA) is 91.1 Å². The summed E-state index contributed by atoms with van der Waals surface area (Å²) in [6, 6.07) is 0. The predicted molar refractivity (Wildman–Crippen MR) is 108 cm³/mol. The number of methoxy groups -OCH3 is 2. The molecule has 0 atom stereocenters. The molecule has 0 unspecified atom stereocenters. The van der Waals surface area contributed by atoms with Crippen LogP contribution in [0, 0.1) is 0 Å². The Kier molecular flexibility index (Phi) is 5.52. The van der Waals surface area contributed by atoms with Crippen LogP contribution in [0.3, 0.4) is 0 Å². The van der Waals surface area contributed by atoms with Gasteiger partial charge in [0.15, 0.2) is 5.65 Å². The minimum atomic E-state index is -0.247. The highest BCUT2D eigenvalue weighted by Gasteiger charge is 2.31. The van der Waals surface area contributed by atoms with E-state index < -0.39 is 0 Å². The lowest BCUT2D eigenvalue weighted by Gasteiger charge is -2.30. The molecule has 156 valence electrons. The van der Waals surface area contributed by atoms with Crippen LogP contribution in [0.25, 0.3) is 15.9 Å². The molecule has 9 nitrogen and oxygen atoms in total. The number of hydrogen-bond acceptors (Lipinski definition) is 8. The molecule has 0 radical (unpaired) electrons. The lowest BCUT2D eigenvalue weighted by molar-refractivity contribution is -0.0379. The molecular weight excluding hydrogens is 394 g/mol. The van der Waals surface area contributed by atoms with Crippen molar-refractivity contribution in [3.05, 3.63) is 22.6 Å². The molecule has 0 saturated heterocycles. The largest absolute Gasteiger partial charge is 0.383 e. The zero-order valence-electron chi connectivity index (χ0n) is 17.1. The Morgan fingerprint density at radius 3 is 2.72 bits per heavy atom. The van der Waals surface area contributed by atoms with Crippen LogP contribution in [0.4, 0.5) is 0 Å². The van der Waals surface area contributed by atoms with Crippen LogP contribution < -0.4 is 0 Å². The van der Waals surface area contributed by atoms with Crippen LogP contribution in [0.1, 0.15) is 34.9 Å². The number of nitrogens with zero attached hydrogens (tertiary/aromatic N) is 5. The summed E-state index contributed by atoms with van der Waals surface area (Å²) >= 11 is 1.62. The molecule has 1 amide bonds. The quantitative estimate of drug-likeness (QED) is 0.578. The van der Waals surface area contributed by atoms with E-state index in [2.05, 4.69) is 28.9 Å². The molecule has 0 fully saturated rings. The average Bonchev–Trinajstić information content (AvgIpc) is 3.27. The second kappa shape index (κ2) is 7.94. The molecular formula is C19H25N5O4S. The number of fused-ring (bicyclic) bond motifs is 5. The van der Waals surface area contributed by atoms with Gasteiger partial charge in [-0.15, -0.1) is 16.4 Å². The van der Waals surface area contributed by atoms with Crippen molar-refractivity contribution < 1.29 is 19.0 Å². The third-order valence-corrected chi connectivity index (χ3v) is 6.13. The van der Waals surface area contributed by atoms with E-state index in [1.807, 2.05) is 0 Å². The van der Waals surface area contributed by atoms with E-state index in [1.165, 1.54) is 5.56 Å². The average molecular weight is 420 g/mol. The highest BCUT2D eigenvalue weighted by molar-refractivity contribution is 7.19. The van der Waals surface area contributed by atoms with E-state index in [0.717, 1.165) is 21.5 Å². The van der Waals surface area contributed by atoms with Gasteiger partial charge in [0.25, 0.3) is 5.91 Å². The highest BCUT2D eigenvalue weighted by atomic mass is 32.1. The normalized spacial score (nSPS) is 15.7. The molecule has 0 aliphatic carbocycles. The maximum atomic E-state index is 13.0. The summed E-state index contributed by atoms with van der Waals surface area (Å²) in [6.45, 7) is 6.48. The van der Waals surface area contributed by atoms with Gasteiger partial charge < -0.3 is 19.1 Å². The highest BCUT2D eigenvalue weighted by Crippen LogP contribution is 2.39. The standard InChI is InChI=1S/C19H25N5O4S/c1-19(2)9-12-13(10-28-19)29-17-14(12)16-21-15(22-24(16)11-20-17)18(25)23(5-7-26-3)6-8-27-4/h11H,5-10H2,1-4H3. The first kappa shape index (κ1) is 20.1. The maximum Gasteiger partial charge on any atom is 0.293 e. The van der Waals surface area contributed by atoms with Crippen molar-refractivity contribution in [3.8, 4) is 0 Å². The first-order valence-corrected chi connectivity index (χ1v) is 10.3. The molecule has 0 aromatic carbocycles. The summed E-state index contributed by atoms with van der Waals surface area (Å²) in [4.78, 5) is 25.9. The first-order valence-electron chi connectivity index (χ1n) is 9.50. The summed E-state index contributed by atoms with van der Waals surface area (Å²) in [5, 5.41) is 5.38. The molecule has 3 aromatic rings. The molecule has 4 heterocycles. The van der Waals surface area contributed by atoms with Crippen molar-refractivity contribution in [1.29, 1.82) is 0 Å². The van der Waals surface area contributed by atoms with E-state index in [-0.39, 0.29) is 17.3 Å². The number of hydrogen-bond donors (Lipinski definition) is 0. The summed E-state index contributed by atoms with van der Waals surface area (Å²) in [7, 11) is 3.21. The maximum absolute atomic E-state index is 13.0. The molecule has 0 spiro atoms. The zero-order chi connectivity index (χ0) is 20.6. The molecule has 1 aliphatic rings. The molecule has 10 heteroatoms. The van der Waals surface area contributed by atoms with Crippen molar-refractivity contribution >= 4 is 33.1 Å². The van der Waals surface area contributed by atoms with Gasteiger partial charge in [0, 0.05) is 38.6 Å². The monoisotopic (exact) mass is 419 g/mol. The Balaban J connectivity index is 1.74.